The maximum Gasteiger partial charge on any atom is 0.141 e. The van der Waals surface area contributed by atoms with Gasteiger partial charge in [-0.05, 0) is 58.4 Å². The number of phenolic OH excluding ortho intramolecular Hbond substituents is 1. The van der Waals surface area contributed by atoms with E-state index in [-0.39, 0.29) is 17.4 Å². The Hall–Kier alpha value is -2.83. The molecule has 0 aliphatic heterocycles. The molecule has 27 heavy (non-hydrogen) atoms. The summed E-state index contributed by atoms with van der Waals surface area (Å²) < 4.78 is 5.57. The average Bonchev–Trinajstić information content (AvgIpc) is 3.00. The molecule has 0 spiro atoms. The predicted octanol–water partition coefficient (Wildman–Crippen LogP) is 2.91. The highest BCUT2D eigenvalue weighted by molar-refractivity contribution is 6.11. The standard InChI is InChI=1S/C21H19NO5/c1-27-21-16-9(8-15(24)20(21)25)2-3-10-11-4-6-13(22-26)19-14(23)7-5-12(17(10)16)18(11)19/h2-3,5,7-8,17,20-21,23-26H,4,6H2,1H3. The molecule has 138 valence electrons. The summed E-state index contributed by atoms with van der Waals surface area (Å²) >= 11 is 0. The minimum atomic E-state index is -1.12. The summed E-state index contributed by atoms with van der Waals surface area (Å²) in [5, 5.41) is 43.7. The second-order valence-electron chi connectivity index (χ2n) is 7.25. The number of nitrogens with zero attached hydrogens (tertiary/aromatic N) is 1. The number of fused-ring (bicyclic) bond motifs is 3. The van der Waals surface area contributed by atoms with Gasteiger partial charge in [0, 0.05) is 18.6 Å². The zero-order valence-electron chi connectivity index (χ0n) is 14.7. The van der Waals surface area contributed by atoms with E-state index >= 15 is 0 Å². The Morgan fingerprint density at radius 1 is 1.11 bits per heavy atom. The van der Waals surface area contributed by atoms with E-state index in [1.54, 1.807) is 12.1 Å². The first kappa shape index (κ1) is 16.4. The van der Waals surface area contributed by atoms with Gasteiger partial charge in [-0.2, -0.15) is 0 Å². The van der Waals surface area contributed by atoms with E-state index in [0.717, 1.165) is 33.4 Å². The molecule has 0 radical (unpaired) electrons. The van der Waals surface area contributed by atoms with E-state index < -0.39 is 12.2 Å². The van der Waals surface area contributed by atoms with Gasteiger partial charge in [0.15, 0.2) is 0 Å². The van der Waals surface area contributed by atoms with Crippen molar-refractivity contribution in [3.05, 3.63) is 69.5 Å². The maximum absolute atomic E-state index is 10.4. The first-order chi connectivity index (χ1) is 13.1. The summed E-state index contributed by atoms with van der Waals surface area (Å²) in [6, 6.07) is 3.51. The number of ether oxygens (including phenoxy) is 1. The molecular weight excluding hydrogens is 346 g/mol. The summed E-state index contributed by atoms with van der Waals surface area (Å²) in [5.74, 6) is -0.140. The highest BCUT2D eigenvalue weighted by Gasteiger charge is 2.45. The lowest BCUT2D eigenvalue weighted by Crippen LogP contribution is -2.37. The number of rotatable bonds is 1. The Labute approximate surface area is 155 Å². The molecule has 6 heteroatoms. The first-order valence-corrected chi connectivity index (χ1v) is 8.91. The zero-order valence-corrected chi connectivity index (χ0v) is 14.7. The van der Waals surface area contributed by atoms with E-state index in [4.69, 9.17) is 4.74 Å². The molecule has 0 saturated heterocycles. The fourth-order valence-electron chi connectivity index (χ4n) is 4.95. The predicted molar refractivity (Wildman–Crippen MR) is 99.0 cm³/mol. The molecule has 0 heterocycles. The third-order valence-electron chi connectivity index (χ3n) is 6.05. The zero-order chi connectivity index (χ0) is 18.9. The van der Waals surface area contributed by atoms with Crippen LogP contribution in [0.25, 0.3) is 5.57 Å². The highest BCUT2D eigenvalue weighted by Crippen LogP contribution is 2.56. The topological polar surface area (TPSA) is 103 Å². The largest absolute Gasteiger partial charge is 0.509 e. The van der Waals surface area contributed by atoms with Gasteiger partial charge in [-0.25, -0.2) is 0 Å². The minimum Gasteiger partial charge on any atom is -0.509 e. The number of phenols is 1. The third kappa shape index (κ3) is 1.99. The maximum atomic E-state index is 10.4. The minimum absolute atomic E-state index is 0.0979. The molecule has 0 bridgehead atoms. The van der Waals surface area contributed by atoms with Crippen LogP contribution in [-0.4, -0.2) is 45.6 Å². The lowest BCUT2D eigenvalue weighted by molar-refractivity contribution is 0.00451. The van der Waals surface area contributed by atoms with Crippen molar-refractivity contribution in [2.75, 3.05) is 7.11 Å². The fraction of sp³-hybridized carbons (Fsp3) is 0.286. The highest BCUT2D eigenvalue weighted by atomic mass is 16.5. The van der Waals surface area contributed by atoms with Crippen molar-refractivity contribution in [2.45, 2.75) is 31.0 Å². The van der Waals surface area contributed by atoms with Crippen LogP contribution in [-0.2, 0) is 4.74 Å². The molecular formula is C21H19NO5. The number of oxime groups is 1. The Morgan fingerprint density at radius 2 is 1.93 bits per heavy atom. The van der Waals surface area contributed by atoms with Gasteiger partial charge in [-0.15, -0.1) is 0 Å². The van der Waals surface area contributed by atoms with Crippen molar-refractivity contribution in [1.82, 2.24) is 0 Å². The third-order valence-corrected chi connectivity index (χ3v) is 6.05. The molecule has 4 aliphatic rings. The second kappa shape index (κ2) is 5.58. The number of benzene rings is 1. The SMILES string of the molecule is COC1C2=C(C=CC3=C4CCC(=NO)c5c(O)ccc(c54)C32)C=C(O)C1O. The number of methoxy groups -OCH3 is 1. The quantitative estimate of drug-likeness (QED) is 0.453. The average molecular weight is 365 g/mol. The summed E-state index contributed by atoms with van der Waals surface area (Å²) in [6.45, 7) is 0. The number of hydrogen-bond acceptors (Lipinski definition) is 6. The van der Waals surface area contributed by atoms with E-state index in [2.05, 4.69) is 5.16 Å². The van der Waals surface area contributed by atoms with Gasteiger partial charge in [-0.3, -0.25) is 0 Å². The van der Waals surface area contributed by atoms with Gasteiger partial charge in [-0.1, -0.05) is 23.4 Å². The Morgan fingerprint density at radius 3 is 2.67 bits per heavy atom. The van der Waals surface area contributed by atoms with E-state index in [0.29, 0.717) is 24.1 Å². The van der Waals surface area contributed by atoms with Gasteiger partial charge < -0.3 is 25.3 Å². The van der Waals surface area contributed by atoms with Crippen LogP contribution in [0.5, 0.6) is 5.75 Å². The van der Waals surface area contributed by atoms with Crippen LogP contribution in [0, 0.1) is 0 Å². The summed E-state index contributed by atoms with van der Waals surface area (Å²) in [5.41, 5.74) is 6.93. The van der Waals surface area contributed by atoms with Crippen molar-refractivity contribution < 1.29 is 25.3 Å². The van der Waals surface area contributed by atoms with E-state index in [9.17, 15) is 20.5 Å². The molecule has 0 amide bonds. The van der Waals surface area contributed by atoms with Gasteiger partial charge in [0.25, 0.3) is 0 Å². The van der Waals surface area contributed by atoms with Crippen LogP contribution in [0.2, 0.25) is 0 Å². The van der Waals surface area contributed by atoms with Crippen LogP contribution in [0.1, 0.15) is 35.4 Å². The van der Waals surface area contributed by atoms with Crippen LogP contribution < -0.4 is 0 Å². The number of hydrogen-bond donors (Lipinski definition) is 4. The lowest BCUT2D eigenvalue weighted by Gasteiger charge is -2.35. The van der Waals surface area contributed by atoms with Crippen LogP contribution >= 0.6 is 0 Å². The normalized spacial score (nSPS) is 29.6. The van der Waals surface area contributed by atoms with Crippen LogP contribution in [0.3, 0.4) is 0 Å². The smallest absolute Gasteiger partial charge is 0.141 e. The number of aromatic hydroxyl groups is 1. The van der Waals surface area contributed by atoms with Crippen LogP contribution in [0.15, 0.2) is 58.0 Å². The van der Waals surface area contributed by atoms with Gasteiger partial charge >= 0.3 is 0 Å². The Bertz CT molecular complexity index is 1030. The van der Waals surface area contributed by atoms with Crippen molar-refractivity contribution >= 4 is 11.3 Å². The van der Waals surface area contributed by atoms with Gasteiger partial charge in [0.05, 0.1) is 5.71 Å². The van der Waals surface area contributed by atoms with Crippen molar-refractivity contribution in [1.29, 1.82) is 0 Å². The van der Waals surface area contributed by atoms with E-state index in [1.165, 1.54) is 7.11 Å². The fourth-order valence-corrected chi connectivity index (χ4v) is 4.95. The van der Waals surface area contributed by atoms with Crippen molar-refractivity contribution in [2.24, 2.45) is 5.16 Å². The van der Waals surface area contributed by atoms with Crippen molar-refractivity contribution in [3.8, 4) is 5.75 Å². The lowest BCUT2D eigenvalue weighted by atomic mass is 9.75. The molecule has 0 saturated carbocycles. The summed E-state index contributed by atoms with van der Waals surface area (Å²) in [7, 11) is 1.52. The van der Waals surface area contributed by atoms with E-state index in [1.807, 2.05) is 18.2 Å². The molecule has 4 aliphatic carbocycles. The number of aliphatic hydroxyl groups excluding tert-OH is 2. The van der Waals surface area contributed by atoms with Gasteiger partial charge in [0.2, 0.25) is 0 Å². The molecule has 1 aromatic carbocycles. The monoisotopic (exact) mass is 365 g/mol. The molecule has 0 aromatic heterocycles. The van der Waals surface area contributed by atoms with Crippen LogP contribution in [0.4, 0.5) is 0 Å². The Balaban J connectivity index is 1.80. The molecule has 6 nitrogen and oxygen atoms in total. The summed E-state index contributed by atoms with van der Waals surface area (Å²) in [6.07, 6.45) is 5.03. The second-order valence-corrected chi connectivity index (χ2v) is 7.25. The Kier molecular flexibility index (Phi) is 3.38. The molecule has 5 rings (SSSR count). The molecule has 1 aromatic rings. The number of aliphatic hydroxyl groups is 2. The number of allylic oxidation sites excluding steroid dienone is 6. The molecule has 4 N–H and O–H groups in total. The van der Waals surface area contributed by atoms with Crippen molar-refractivity contribution in [3.63, 3.8) is 0 Å². The van der Waals surface area contributed by atoms with Gasteiger partial charge in [0.1, 0.15) is 23.7 Å². The first-order valence-electron chi connectivity index (χ1n) is 8.91. The molecule has 0 fully saturated rings. The molecule has 3 unspecified atom stereocenters. The summed E-state index contributed by atoms with van der Waals surface area (Å²) in [4.78, 5) is 0. The molecule has 3 atom stereocenters.